The lowest BCUT2D eigenvalue weighted by atomic mass is 9.94. The van der Waals surface area contributed by atoms with Crippen LogP contribution in [0.15, 0.2) is 12.1 Å². The Labute approximate surface area is 171 Å². The van der Waals surface area contributed by atoms with Gasteiger partial charge in [0.05, 0.1) is 6.54 Å². The number of hydrogen-bond donors (Lipinski definition) is 0. The highest BCUT2D eigenvalue weighted by Gasteiger charge is 2.30. The van der Waals surface area contributed by atoms with E-state index in [1.165, 1.54) is 32.1 Å². The van der Waals surface area contributed by atoms with Crippen LogP contribution in [0.25, 0.3) is 5.65 Å². The van der Waals surface area contributed by atoms with Crippen molar-refractivity contribution in [3.8, 4) is 0 Å². The molecule has 0 spiro atoms. The van der Waals surface area contributed by atoms with Crippen LogP contribution in [0.5, 0.6) is 0 Å². The molecule has 1 aliphatic heterocycles. The second kappa shape index (κ2) is 7.89. The number of carbonyl (C=O) groups is 1. The van der Waals surface area contributed by atoms with Crippen LogP contribution >= 0.6 is 0 Å². The molecule has 3 fully saturated rings. The van der Waals surface area contributed by atoms with Crippen molar-refractivity contribution in [1.29, 1.82) is 0 Å². The lowest BCUT2D eigenvalue weighted by Gasteiger charge is -2.37. The number of carbonyl (C=O) groups excluding carboxylic acids is 1. The van der Waals surface area contributed by atoms with Gasteiger partial charge < -0.3 is 9.80 Å². The zero-order valence-corrected chi connectivity index (χ0v) is 17.3. The topological polar surface area (TPSA) is 69.9 Å². The van der Waals surface area contributed by atoms with Gasteiger partial charge in [-0.25, -0.2) is 0 Å². The monoisotopic (exact) mass is 397 g/mol. The fraction of sp³-hybridized carbons (Fsp3) is 0.714. The molecule has 8 heteroatoms. The number of anilines is 1. The Morgan fingerprint density at radius 2 is 1.79 bits per heavy atom. The standard InChI is InChI=1S/C21H31N7O/c1-25(17-5-3-2-4-6-17)20(29)15-26-11-13-27(14-12-26)19-10-9-18-22-23-21(16-7-8-16)28(18)24-19/h9-10,16-17H,2-8,11-15H2,1H3. The SMILES string of the molecule is CN(C(=O)CN1CCN(c2ccc3nnc(C4CC4)n3n2)CC1)C1CCCCC1. The molecule has 0 atom stereocenters. The van der Waals surface area contributed by atoms with Crippen LogP contribution in [0, 0.1) is 0 Å². The first-order chi connectivity index (χ1) is 14.2. The average molecular weight is 398 g/mol. The van der Waals surface area contributed by atoms with Gasteiger partial charge in [-0.05, 0) is 37.8 Å². The molecule has 0 aromatic carbocycles. The number of piperazine rings is 1. The molecule has 0 N–H and O–H groups in total. The summed E-state index contributed by atoms with van der Waals surface area (Å²) >= 11 is 0. The third-order valence-electron chi connectivity index (χ3n) is 6.79. The number of aromatic nitrogens is 4. The van der Waals surface area contributed by atoms with E-state index in [1.807, 2.05) is 28.6 Å². The quantitative estimate of drug-likeness (QED) is 0.768. The van der Waals surface area contributed by atoms with Gasteiger partial charge in [-0.1, -0.05) is 19.3 Å². The van der Waals surface area contributed by atoms with Crippen LogP contribution < -0.4 is 4.90 Å². The van der Waals surface area contributed by atoms with Gasteiger partial charge >= 0.3 is 0 Å². The number of likely N-dealkylation sites (N-methyl/N-ethyl adjacent to an activating group) is 1. The summed E-state index contributed by atoms with van der Waals surface area (Å²) in [6.07, 6.45) is 8.54. The maximum atomic E-state index is 12.7. The van der Waals surface area contributed by atoms with Crippen molar-refractivity contribution in [3.63, 3.8) is 0 Å². The number of hydrogen-bond acceptors (Lipinski definition) is 6. The molecule has 3 heterocycles. The third kappa shape index (κ3) is 3.95. The molecule has 2 aliphatic carbocycles. The molecule has 2 saturated carbocycles. The van der Waals surface area contributed by atoms with Crippen molar-refractivity contribution >= 4 is 17.4 Å². The van der Waals surface area contributed by atoms with Crippen molar-refractivity contribution < 1.29 is 4.79 Å². The highest BCUT2D eigenvalue weighted by Crippen LogP contribution is 2.38. The fourth-order valence-electron chi connectivity index (χ4n) is 4.67. The molecule has 0 bridgehead atoms. The molecular formula is C21H31N7O. The van der Waals surface area contributed by atoms with Crippen LogP contribution in [-0.4, -0.2) is 81.3 Å². The minimum absolute atomic E-state index is 0.267. The van der Waals surface area contributed by atoms with Gasteiger partial charge in [0.15, 0.2) is 11.5 Å². The van der Waals surface area contributed by atoms with Gasteiger partial charge in [-0.15, -0.1) is 15.3 Å². The summed E-state index contributed by atoms with van der Waals surface area (Å²) in [7, 11) is 1.99. The molecule has 0 unspecified atom stereocenters. The van der Waals surface area contributed by atoms with Gasteiger partial charge in [0.1, 0.15) is 5.82 Å². The van der Waals surface area contributed by atoms with E-state index in [9.17, 15) is 4.79 Å². The Bertz CT molecular complexity index is 863. The maximum absolute atomic E-state index is 12.7. The van der Waals surface area contributed by atoms with E-state index in [0.29, 0.717) is 18.5 Å². The molecule has 156 valence electrons. The summed E-state index contributed by atoms with van der Waals surface area (Å²) in [5.41, 5.74) is 0.825. The second-order valence-corrected chi connectivity index (χ2v) is 8.85. The Hall–Kier alpha value is -2.22. The zero-order chi connectivity index (χ0) is 19.8. The Morgan fingerprint density at radius 1 is 1.03 bits per heavy atom. The molecule has 0 radical (unpaired) electrons. The van der Waals surface area contributed by atoms with Gasteiger partial charge in [0.2, 0.25) is 5.91 Å². The van der Waals surface area contributed by atoms with Crippen molar-refractivity contribution in [3.05, 3.63) is 18.0 Å². The van der Waals surface area contributed by atoms with Crippen LogP contribution in [0.3, 0.4) is 0 Å². The highest BCUT2D eigenvalue weighted by atomic mass is 16.2. The van der Waals surface area contributed by atoms with E-state index in [2.05, 4.69) is 20.0 Å². The smallest absolute Gasteiger partial charge is 0.236 e. The molecule has 1 saturated heterocycles. The Balaban J connectivity index is 1.18. The highest BCUT2D eigenvalue weighted by molar-refractivity contribution is 5.78. The number of rotatable bonds is 5. The first-order valence-corrected chi connectivity index (χ1v) is 11.1. The molecule has 2 aromatic rings. The van der Waals surface area contributed by atoms with Crippen LogP contribution in [0.2, 0.25) is 0 Å². The second-order valence-electron chi connectivity index (χ2n) is 8.85. The number of nitrogens with zero attached hydrogens (tertiary/aromatic N) is 7. The summed E-state index contributed by atoms with van der Waals surface area (Å²) in [6.45, 7) is 4.09. The lowest BCUT2D eigenvalue weighted by molar-refractivity contribution is -0.133. The lowest BCUT2D eigenvalue weighted by Crippen LogP contribution is -2.51. The van der Waals surface area contributed by atoms with Gasteiger partial charge in [0.25, 0.3) is 0 Å². The minimum Gasteiger partial charge on any atom is -0.353 e. The van der Waals surface area contributed by atoms with Crippen LogP contribution in [0.1, 0.15) is 56.7 Å². The van der Waals surface area contributed by atoms with E-state index in [0.717, 1.165) is 56.3 Å². The number of amides is 1. The van der Waals surface area contributed by atoms with E-state index >= 15 is 0 Å². The summed E-state index contributed by atoms with van der Waals surface area (Å²) in [6, 6.07) is 4.49. The summed E-state index contributed by atoms with van der Waals surface area (Å²) in [5.74, 6) is 2.77. The first-order valence-electron chi connectivity index (χ1n) is 11.1. The summed E-state index contributed by atoms with van der Waals surface area (Å²) in [4.78, 5) is 19.3. The summed E-state index contributed by atoms with van der Waals surface area (Å²) in [5, 5.41) is 13.4. The Morgan fingerprint density at radius 3 is 2.52 bits per heavy atom. The van der Waals surface area contributed by atoms with Crippen LogP contribution in [-0.2, 0) is 4.79 Å². The fourth-order valence-corrected chi connectivity index (χ4v) is 4.67. The summed E-state index contributed by atoms with van der Waals surface area (Å²) < 4.78 is 1.92. The van der Waals surface area contributed by atoms with E-state index in [-0.39, 0.29) is 5.91 Å². The normalized spacial score (nSPS) is 21.6. The molecule has 2 aromatic heterocycles. The predicted octanol–water partition coefficient (Wildman–Crippen LogP) is 1.91. The molecular weight excluding hydrogens is 366 g/mol. The molecule has 1 amide bonds. The third-order valence-corrected chi connectivity index (χ3v) is 6.79. The largest absolute Gasteiger partial charge is 0.353 e. The van der Waals surface area contributed by atoms with Crippen molar-refractivity contribution in [1.82, 2.24) is 29.6 Å². The minimum atomic E-state index is 0.267. The predicted molar refractivity (Wildman–Crippen MR) is 111 cm³/mol. The maximum Gasteiger partial charge on any atom is 0.236 e. The molecule has 3 aliphatic rings. The van der Waals surface area contributed by atoms with Crippen molar-refractivity contribution in [2.75, 3.05) is 44.7 Å². The molecule has 8 nitrogen and oxygen atoms in total. The van der Waals surface area contributed by atoms with E-state index < -0.39 is 0 Å². The van der Waals surface area contributed by atoms with Gasteiger partial charge in [0, 0.05) is 45.2 Å². The first kappa shape index (κ1) is 18.8. The van der Waals surface area contributed by atoms with Gasteiger partial charge in [-0.2, -0.15) is 4.52 Å². The molecule has 5 rings (SSSR count). The number of fused-ring (bicyclic) bond motifs is 1. The zero-order valence-electron chi connectivity index (χ0n) is 17.3. The average Bonchev–Trinajstić information content (AvgIpc) is 3.53. The van der Waals surface area contributed by atoms with E-state index in [4.69, 9.17) is 5.10 Å². The molecule has 29 heavy (non-hydrogen) atoms. The van der Waals surface area contributed by atoms with E-state index in [1.54, 1.807) is 0 Å². The van der Waals surface area contributed by atoms with Crippen molar-refractivity contribution in [2.45, 2.75) is 56.9 Å². The van der Waals surface area contributed by atoms with Crippen molar-refractivity contribution in [2.24, 2.45) is 0 Å². The van der Waals surface area contributed by atoms with Crippen LogP contribution in [0.4, 0.5) is 5.82 Å². The Kier molecular flexibility index (Phi) is 5.11. The van der Waals surface area contributed by atoms with Gasteiger partial charge in [-0.3, -0.25) is 9.69 Å².